The van der Waals surface area contributed by atoms with Crippen LogP contribution >= 0.6 is 15.9 Å². The first-order valence-corrected chi connectivity index (χ1v) is 5.99. The lowest BCUT2D eigenvalue weighted by atomic mass is 10.2. The lowest BCUT2D eigenvalue weighted by Gasteiger charge is -2.22. The van der Waals surface area contributed by atoms with E-state index >= 15 is 0 Å². The van der Waals surface area contributed by atoms with Gasteiger partial charge in [-0.05, 0) is 41.9 Å². The molecule has 0 aliphatic heterocycles. The average molecular weight is 289 g/mol. The summed E-state index contributed by atoms with van der Waals surface area (Å²) in [5.41, 5.74) is 6.41. The second-order valence-electron chi connectivity index (χ2n) is 3.71. The first-order valence-electron chi connectivity index (χ1n) is 5.19. The molecule has 0 saturated heterocycles. The Morgan fingerprint density at radius 1 is 1.50 bits per heavy atom. The number of nitrogens with two attached hydrogens (primary N) is 1. The molecule has 16 heavy (non-hydrogen) atoms. The molecule has 0 bridgehead atoms. The SMILES string of the molecule is CC(O)C(C)OC(CN)c1ccc(Br)cn1. The summed E-state index contributed by atoms with van der Waals surface area (Å²) in [6.07, 6.45) is 0.634. The van der Waals surface area contributed by atoms with Crippen LogP contribution in [0, 0.1) is 0 Å². The third kappa shape index (κ3) is 3.83. The molecule has 0 spiro atoms. The first kappa shape index (κ1) is 13.6. The van der Waals surface area contributed by atoms with Crippen molar-refractivity contribution in [2.75, 3.05) is 6.54 Å². The Balaban J connectivity index is 2.70. The highest BCUT2D eigenvalue weighted by Crippen LogP contribution is 2.18. The molecule has 1 aromatic rings. The molecule has 0 aliphatic carbocycles. The maximum absolute atomic E-state index is 9.36. The van der Waals surface area contributed by atoms with Gasteiger partial charge in [-0.2, -0.15) is 0 Å². The monoisotopic (exact) mass is 288 g/mol. The normalized spacial score (nSPS) is 16.8. The third-order valence-electron chi connectivity index (χ3n) is 2.35. The molecule has 0 radical (unpaired) electrons. The molecule has 4 nitrogen and oxygen atoms in total. The van der Waals surface area contributed by atoms with Crippen LogP contribution in [0.5, 0.6) is 0 Å². The van der Waals surface area contributed by atoms with Gasteiger partial charge >= 0.3 is 0 Å². The van der Waals surface area contributed by atoms with Crippen molar-refractivity contribution in [1.82, 2.24) is 4.98 Å². The molecule has 0 amide bonds. The molecule has 90 valence electrons. The minimum Gasteiger partial charge on any atom is -0.391 e. The lowest BCUT2D eigenvalue weighted by molar-refractivity contribution is -0.0605. The van der Waals surface area contributed by atoms with Crippen LogP contribution in [0.25, 0.3) is 0 Å². The van der Waals surface area contributed by atoms with Gasteiger partial charge in [0.25, 0.3) is 0 Å². The van der Waals surface area contributed by atoms with E-state index in [4.69, 9.17) is 10.5 Å². The second kappa shape index (κ2) is 6.30. The van der Waals surface area contributed by atoms with Gasteiger partial charge in [-0.1, -0.05) is 0 Å². The summed E-state index contributed by atoms with van der Waals surface area (Å²) >= 11 is 3.32. The van der Waals surface area contributed by atoms with Crippen molar-refractivity contribution in [2.24, 2.45) is 5.73 Å². The Labute approximate surface area is 104 Å². The number of ether oxygens (including phenoxy) is 1. The van der Waals surface area contributed by atoms with Gasteiger partial charge in [-0.25, -0.2) is 0 Å². The van der Waals surface area contributed by atoms with Crippen LogP contribution in [-0.4, -0.2) is 28.8 Å². The fourth-order valence-corrected chi connectivity index (χ4v) is 1.43. The number of hydrogen-bond acceptors (Lipinski definition) is 4. The van der Waals surface area contributed by atoms with Crippen molar-refractivity contribution in [3.05, 3.63) is 28.5 Å². The van der Waals surface area contributed by atoms with E-state index in [2.05, 4.69) is 20.9 Å². The minimum absolute atomic E-state index is 0.265. The predicted molar refractivity (Wildman–Crippen MR) is 66.0 cm³/mol. The zero-order valence-corrected chi connectivity index (χ0v) is 11.0. The number of hydrogen-bond donors (Lipinski definition) is 2. The van der Waals surface area contributed by atoms with Gasteiger partial charge in [-0.15, -0.1) is 0 Å². The quantitative estimate of drug-likeness (QED) is 0.864. The van der Waals surface area contributed by atoms with Gasteiger partial charge in [0.15, 0.2) is 0 Å². The molecule has 5 heteroatoms. The average Bonchev–Trinajstić information content (AvgIpc) is 2.26. The Morgan fingerprint density at radius 2 is 2.19 bits per heavy atom. The maximum Gasteiger partial charge on any atom is 0.112 e. The molecule has 0 saturated carbocycles. The number of aliphatic hydroxyl groups excluding tert-OH is 1. The van der Waals surface area contributed by atoms with Crippen molar-refractivity contribution < 1.29 is 9.84 Å². The highest BCUT2D eigenvalue weighted by molar-refractivity contribution is 9.10. The van der Waals surface area contributed by atoms with Gasteiger partial charge < -0.3 is 15.6 Å². The van der Waals surface area contributed by atoms with Gasteiger partial charge in [0.2, 0.25) is 0 Å². The summed E-state index contributed by atoms with van der Waals surface area (Å²) in [7, 11) is 0. The van der Waals surface area contributed by atoms with Crippen LogP contribution in [0.15, 0.2) is 22.8 Å². The van der Waals surface area contributed by atoms with Crippen LogP contribution in [0.2, 0.25) is 0 Å². The molecule has 0 aliphatic rings. The standard InChI is InChI=1S/C11H17BrN2O2/c1-7(15)8(2)16-11(5-13)10-4-3-9(12)6-14-10/h3-4,6-8,11,15H,5,13H2,1-2H3. The van der Waals surface area contributed by atoms with Gasteiger partial charge in [0.05, 0.1) is 17.9 Å². The van der Waals surface area contributed by atoms with E-state index in [-0.39, 0.29) is 12.2 Å². The van der Waals surface area contributed by atoms with Crippen molar-refractivity contribution in [2.45, 2.75) is 32.2 Å². The zero-order chi connectivity index (χ0) is 12.1. The molecule has 0 fully saturated rings. The van der Waals surface area contributed by atoms with Crippen molar-refractivity contribution in [3.63, 3.8) is 0 Å². The number of nitrogens with zero attached hydrogens (tertiary/aromatic N) is 1. The van der Waals surface area contributed by atoms with E-state index in [0.717, 1.165) is 10.2 Å². The summed E-state index contributed by atoms with van der Waals surface area (Å²) in [6.45, 7) is 3.84. The number of aliphatic hydroxyl groups is 1. The molecule has 1 heterocycles. The third-order valence-corrected chi connectivity index (χ3v) is 2.82. The van der Waals surface area contributed by atoms with Crippen LogP contribution in [0.3, 0.4) is 0 Å². The number of halogens is 1. The van der Waals surface area contributed by atoms with E-state index in [0.29, 0.717) is 6.54 Å². The van der Waals surface area contributed by atoms with Crippen LogP contribution in [0.1, 0.15) is 25.6 Å². The van der Waals surface area contributed by atoms with E-state index < -0.39 is 6.10 Å². The second-order valence-corrected chi connectivity index (χ2v) is 4.62. The Bertz CT molecular complexity index is 316. The topological polar surface area (TPSA) is 68.4 Å². The van der Waals surface area contributed by atoms with Crippen molar-refractivity contribution >= 4 is 15.9 Å². The predicted octanol–water partition coefficient (Wildman–Crippen LogP) is 1.63. The summed E-state index contributed by atoms with van der Waals surface area (Å²) in [4.78, 5) is 4.23. The lowest BCUT2D eigenvalue weighted by Crippen LogP contribution is -2.28. The van der Waals surface area contributed by atoms with Crippen LogP contribution in [0.4, 0.5) is 0 Å². The molecule has 1 rings (SSSR count). The van der Waals surface area contributed by atoms with Crippen LogP contribution < -0.4 is 5.73 Å². The Kier molecular flexibility index (Phi) is 5.34. The highest BCUT2D eigenvalue weighted by atomic mass is 79.9. The summed E-state index contributed by atoms with van der Waals surface area (Å²) in [5.74, 6) is 0. The van der Waals surface area contributed by atoms with Gasteiger partial charge in [-0.3, -0.25) is 4.98 Å². The smallest absolute Gasteiger partial charge is 0.112 e. The minimum atomic E-state index is -0.524. The highest BCUT2D eigenvalue weighted by Gasteiger charge is 2.18. The van der Waals surface area contributed by atoms with Gasteiger partial charge in [0.1, 0.15) is 6.10 Å². The molecule has 3 N–H and O–H groups in total. The molecular weight excluding hydrogens is 272 g/mol. The molecular formula is C11H17BrN2O2. The fraction of sp³-hybridized carbons (Fsp3) is 0.545. The molecule has 1 aromatic heterocycles. The Hall–Kier alpha value is -0.490. The number of aromatic nitrogens is 1. The Morgan fingerprint density at radius 3 is 2.62 bits per heavy atom. The van der Waals surface area contributed by atoms with Crippen molar-refractivity contribution in [3.8, 4) is 0 Å². The summed E-state index contributed by atoms with van der Waals surface area (Å²) < 4.78 is 6.55. The van der Waals surface area contributed by atoms with E-state index in [9.17, 15) is 5.11 Å². The number of pyridine rings is 1. The van der Waals surface area contributed by atoms with E-state index in [1.54, 1.807) is 13.1 Å². The number of rotatable bonds is 5. The van der Waals surface area contributed by atoms with Crippen molar-refractivity contribution in [1.29, 1.82) is 0 Å². The fourth-order valence-electron chi connectivity index (χ4n) is 1.20. The zero-order valence-electron chi connectivity index (χ0n) is 9.43. The van der Waals surface area contributed by atoms with E-state index in [1.165, 1.54) is 0 Å². The van der Waals surface area contributed by atoms with Crippen LogP contribution in [-0.2, 0) is 4.74 Å². The summed E-state index contributed by atoms with van der Waals surface area (Å²) in [6, 6.07) is 3.75. The molecule has 3 atom stereocenters. The largest absolute Gasteiger partial charge is 0.391 e. The summed E-state index contributed by atoms with van der Waals surface area (Å²) in [5, 5.41) is 9.36. The maximum atomic E-state index is 9.36. The first-order chi connectivity index (χ1) is 7.54. The van der Waals surface area contributed by atoms with E-state index in [1.807, 2.05) is 19.1 Å². The molecule has 0 aromatic carbocycles. The van der Waals surface area contributed by atoms with Gasteiger partial charge in [0, 0.05) is 17.2 Å². The molecule has 3 unspecified atom stereocenters.